The van der Waals surface area contributed by atoms with Gasteiger partial charge in [-0.25, -0.2) is 13.4 Å². The van der Waals surface area contributed by atoms with E-state index < -0.39 is 9.84 Å². The van der Waals surface area contributed by atoms with Crippen LogP contribution >= 0.6 is 11.6 Å². The Morgan fingerprint density at radius 1 is 1.26 bits per heavy atom. The molecule has 3 heterocycles. The molecule has 10 nitrogen and oxygen atoms in total. The largest absolute Gasteiger partial charge is 0.496 e. The van der Waals surface area contributed by atoms with Crippen molar-refractivity contribution in [1.29, 1.82) is 0 Å². The molecule has 0 bridgehead atoms. The maximum absolute atomic E-state index is 13.1. The fraction of sp³-hybridized carbons (Fsp3) is 0.368. The van der Waals surface area contributed by atoms with E-state index in [2.05, 4.69) is 15.1 Å². The van der Waals surface area contributed by atoms with Gasteiger partial charge in [-0.3, -0.25) is 4.79 Å². The average Bonchev–Trinajstić information content (AvgIpc) is 3.22. The third kappa shape index (κ3) is 3.90. The van der Waals surface area contributed by atoms with E-state index in [1.54, 1.807) is 4.90 Å². The van der Waals surface area contributed by atoms with Crippen molar-refractivity contribution in [2.75, 3.05) is 32.2 Å². The van der Waals surface area contributed by atoms with Crippen molar-refractivity contribution in [1.82, 2.24) is 24.5 Å². The highest BCUT2D eigenvalue weighted by molar-refractivity contribution is 7.90. The molecule has 1 saturated heterocycles. The average molecular weight is 465 g/mol. The third-order valence-corrected chi connectivity index (χ3v) is 6.87. The first kappa shape index (κ1) is 21.3. The smallest absolute Gasteiger partial charge is 0.257 e. The van der Waals surface area contributed by atoms with E-state index in [1.165, 1.54) is 36.3 Å². The van der Waals surface area contributed by atoms with Gasteiger partial charge in [0.1, 0.15) is 17.0 Å². The fourth-order valence-electron chi connectivity index (χ4n) is 3.87. The van der Waals surface area contributed by atoms with Gasteiger partial charge in [0, 0.05) is 31.3 Å². The van der Waals surface area contributed by atoms with Crippen LogP contribution in [0.3, 0.4) is 0 Å². The highest BCUT2D eigenvalue weighted by Gasteiger charge is 2.31. The van der Waals surface area contributed by atoms with Crippen LogP contribution in [0.1, 0.15) is 34.8 Å². The molecule has 1 aromatic carbocycles. The van der Waals surface area contributed by atoms with Gasteiger partial charge in [-0.1, -0.05) is 11.6 Å². The molecule has 0 aliphatic carbocycles. The van der Waals surface area contributed by atoms with Crippen molar-refractivity contribution in [2.45, 2.75) is 23.7 Å². The van der Waals surface area contributed by atoms with Gasteiger partial charge in [0.2, 0.25) is 0 Å². The number of benzene rings is 1. The van der Waals surface area contributed by atoms with Gasteiger partial charge in [0.05, 0.1) is 35.3 Å². The van der Waals surface area contributed by atoms with E-state index in [1.807, 2.05) is 0 Å². The predicted octanol–water partition coefficient (Wildman–Crippen LogP) is 1.79. The molecule has 0 atom stereocenters. The predicted molar refractivity (Wildman–Crippen MR) is 114 cm³/mol. The third-order valence-electron chi connectivity index (χ3n) is 5.43. The van der Waals surface area contributed by atoms with E-state index in [0.717, 1.165) is 6.26 Å². The molecule has 1 aliphatic rings. The number of carbonyl (C=O) groups is 1. The van der Waals surface area contributed by atoms with Crippen molar-refractivity contribution < 1.29 is 17.9 Å². The SMILES string of the molecule is COc1cc(N)c(Cl)cc1C(=O)N1CCC(c2c(S(C)(=O)=O)cnc3ncnn23)CC1. The van der Waals surface area contributed by atoms with E-state index in [4.69, 9.17) is 22.1 Å². The second-order valence-electron chi connectivity index (χ2n) is 7.39. The lowest BCUT2D eigenvalue weighted by Gasteiger charge is -2.33. The number of hydrogen-bond donors (Lipinski definition) is 1. The van der Waals surface area contributed by atoms with Crippen molar-refractivity contribution in [3.05, 3.63) is 40.9 Å². The Balaban J connectivity index is 1.61. The number of likely N-dealkylation sites (tertiary alicyclic amines) is 1. The summed E-state index contributed by atoms with van der Waals surface area (Å²) in [5, 5.41) is 4.45. The Bertz CT molecular complexity index is 1270. The molecule has 1 aliphatic heterocycles. The summed E-state index contributed by atoms with van der Waals surface area (Å²) in [5.74, 6) is 0.341. The molecule has 164 valence electrons. The van der Waals surface area contributed by atoms with Gasteiger partial charge < -0.3 is 15.4 Å². The van der Waals surface area contributed by atoms with Crippen LogP contribution in [0.25, 0.3) is 5.78 Å². The van der Waals surface area contributed by atoms with Crippen LogP contribution in [-0.4, -0.2) is 65.3 Å². The standard InChI is InChI=1S/C19H21ClN6O4S/c1-30-15-8-14(21)13(20)7-12(15)18(27)25-5-3-11(4-6-25)17-16(31(2,28)29)9-22-19-23-10-24-26(17)19/h7-11H,3-6,21H2,1-2H3. The van der Waals surface area contributed by atoms with E-state index in [0.29, 0.717) is 54.4 Å². The molecule has 3 aromatic rings. The van der Waals surface area contributed by atoms with Crippen LogP contribution < -0.4 is 10.5 Å². The van der Waals surface area contributed by atoms with Crippen LogP contribution in [-0.2, 0) is 9.84 Å². The number of hydrogen-bond acceptors (Lipinski definition) is 8. The van der Waals surface area contributed by atoms with Crippen molar-refractivity contribution >= 4 is 38.8 Å². The molecule has 0 spiro atoms. The number of carbonyl (C=O) groups excluding carboxylic acids is 1. The van der Waals surface area contributed by atoms with Crippen molar-refractivity contribution in [3.63, 3.8) is 0 Å². The summed E-state index contributed by atoms with van der Waals surface area (Å²) in [7, 11) is -2.05. The van der Waals surface area contributed by atoms with E-state index in [9.17, 15) is 13.2 Å². The lowest BCUT2D eigenvalue weighted by atomic mass is 9.92. The Hall–Kier alpha value is -2.92. The second kappa shape index (κ2) is 7.97. The monoisotopic (exact) mass is 464 g/mol. The molecule has 0 unspecified atom stereocenters. The number of aromatic nitrogens is 4. The number of fused-ring (bicyclic) bond motifs is 1. The number of halogens is 1. The number of nitrogens with zero attached hydrogens (tertiary/aromatic N) is 5. The molecule has 1 amide bonds. The highest BCUT2D eigenvalue weighted by atomic mass is 35.5. The molecule has 2 aromatic heterocycles. The zero-order chi connectivity index (χ0) is 22.3. The molecule has 31 heavy (non-hydrogen) atoms. The fourth-order valence-corrected chi connectivity index (χ4v) is 4.91. The van der Waals surface area contributed by atoms with Crippen LogP contribution in [0.2, 0.25) is 5.02 Å². The maximum Gasteiger partial charge on any atom is 0.257 e. The summed E-state index contributed by atoms with van der Waals surface area (Å²) >= 11 is 6.10. The summed E-state index contributed by atoms with van der Waals surface area (Å²) in [6, 6.07) is 3.03. The number of anilines is 1. The molecule has 2 N–H and O–H groups in total. The first-order valence-electron chi connectivity index (χ1n) is 9.51. The summed E-state index contributed by atoms with van der Waals surface area (Å²) in [6.45, 7) is 0.854. The van der Waals surface area contributed by atoms with E-state index >= 15 is 0 Å². The van der Waals surface area contributed by atoms with Gasteiger partial charge >= 0.3 is 0 Å². The molecule has 0 radical (unpaired) electrons. The number of piperidine rings is 1. The van der Waals surface area contributed by atoms with E-state index in [-0.39, 0.29) is 21.7 Å². The Labute approximate surface area is 183 Å². The summed E-state index contributed by atoms with van der Waals surface area (Å²) in [4.78, 5) is 23.1. The lowest BCUT2D eigenvalue weighted by Crippen LogP contribution is -2.38. The number of sulfone groups is 1. The molecule has 1 fully saturated rings. The van der Waals surface area contributed by atoms with Crippen molar-refractivity contribution in [2.24, 2.45) is 0 Å². The summed E-state index contributed by atoms with van der Waals surface area (Å²) < 4.78 is 31.5. The topological polar surface area (TPSA) is 133 Å². The summed E-state index contributed by atoms with van der Waals surface area (Å²) in [5.41, 5.74) is 7.02. The number of ether oxygens (including phenoxy) is 1. The summed E-state index contributed by atoms with van der Waals surface area (Å²) in [6.07, 6.45) is 4.92. The Kier molecular flexibility index (Phi) is 5.48. The highest BCUT2D eigenvalue weighted by Crippen LogP contribution is 2.34. The minimum absolute atomic E-state index is 0.127. The van der Waals surface area contributed by atoms with Gasteiger partial charge in [0.15, 0.2) is 9.84 Å². The Morgan fingerprint density at radius 2 is 1.97 bits per heavy atom. The minimum atomic E-state index is -3.52. The molecule has 12 heteroatoms. The maximum atomic E-state index is 13.1. The number of amides is 1. The Morgan fingerprint density at radius 3 is 2.61 bits per heavy atom. The van der Waals surface area contributed by atoms with Crippen LogP contribution in [0.5, 0.6) is 5.75 Å². The molecule has 0 saturated carbocycles. The van der Waals surface area contributed by atoms with Gasteiger partial charge in [0.25, 0.3) is 11.7 Å². The quantitative estimate of drug-likeness (QED) is 0.578. The van der Waals surface area contributed by atoms with Gasteiger partial charge in [-0.2, -0.15) is 14.6 Å². The first-order valence-corrected chi connectivity index (χ1v) is 11.8. The minimum Gasteiger partial charge on any atom is -0.496 e. The number of nitrogens with two attached hydrogens (primary N) is 1. The van der Waals surface area contributed by atoms with Gasteiger partial charge in [-0.05, 0) is 18.9 Å². The number of methoxy groups -OCH3 is 1. The molecular formula is C19H21ClN6O4S. The zero-order valence-electron chi connectivity index (χ0n) is 16.9. The van der Waals surface area contributed by atoms with Crippen LogP contribution in [0.15, 0.2) is 29.6 Å². The lowest BCUT2D eigenvalue weighted by molar-refractivity contribution is 0.0707. The molecule has 4 rings (SSSR count). The van der Waals surface area contributed by atoms with Gasteiger partial charge in [-0.15, -0.1) is 0 Å². The van der Waals surface area contributed by atoms with Crippen molar-refractivity contribution in [3.8, 4) is 5.75 Å². The second-order valence-corrected chi connectivity index (χ2v) is 9.78. The van der Waals surface area contributed by atoms with Crippen LogP contribution in [0, 0.1) is 0 Å². The molecular weight excluding hydrogens is 444 g/mol. The zero-order valence-corrected chi connectivity index (χ0v) is 18.5. The number of rotatable bonds is 4. The first-order chi connectivity index (χ1) is 14.7. The number of nitrogen functional groups attached to an aromatic ring is 1. The van der Waals surface area contributed by atoms with Crippen LogP contribution in [0.4, 0.5) is 5.69 Å². The normalized spacial score (nSPS) is 15.4.